The Morgan fingerprint density at radius 3 is 2.76 bits per heavy atom. The van der Waals surface area contributed by atoms with E-state index in [1.807, 2.05) is 31.2 Å². The van der Waals surface area contributed by atoms with E-state index in [1.165, 1.54) is 0 Å². The Hall–Kier alpha value is -2.18. The molecule has 0 spiro atoms. The average molecular weight is 288 g/mol. The molecule has 1 aliphatic rings. The summed E-state index contributed by atoms with van der Waals surface area (Å²) in [7, 11) is 0. The van der Waals surface area contributed by atoms with Crippen LogP contribution in [0.5, 0.6) is 0 Å². The number of nitrogens with two attached hydrogens (primary N) is 1. The Bertz CT molecular complexity index is 551. The molecule has 0 bridgehead atoms. The van der Waals surface area contributed by atoms with Crippen LogP contribution in [0, 0.1) is 5.92 Å². The van der Waals surface area contributed by atoms with E-state index in [2.05, 4.69) is 16.2 Å². The van der Waals surface area contributed by atoms with E-state index in [9.17, 15) is 9.59 Å². The van der Waals surface area contributed by atoms with Gasteiger partial charge in [-0.05, 0) is 30.2 Å². The van der Waals surface area contributed by atoms with Gasteiger partial charge in [0.1, 0.15) is 0 Å². The van der Waals surface area contributed by atoms with Crippen LogP contribution >= 0.6 is 0 Å². The molecule has 1 fully saturated rings. The van der Waals surface area contributed by atoms with Gasteiger partial charge in [-0.25, -0.2) is 0 Å². The number of benzene rings is 1. The third-order valence-electron chi connectivity index (χ3n) is 3.61. The first-order valence-electron chi connectivity index (χ1n) is 6.86. The van der Waals surface area contributed by atoms with E-state index in [1.54, 1.807) is 0 Å². The van der Waals surface area contributed by atoms with Crippen molar-refractivity contribution in [2.75, 3.05) is 18.5 Å². The summed E-state index contributed by atoms with van der Waals surface area (Å²) in [5, 5.41) is 3.11. The minimum absolute atomic E-state index is 0.364. The number of Topliss-reactive ketones (excluding diaryl/α,β-unsaturated/α-hetero) is 1. The second kappa shape index (κ2) is 7.01. The van der Waals surface area contributed by atoms with Crippen LogP contribution in [0.1, 0.15) is 12.5 Å². The van der Waals surface area contributed by atoms with Crippen molar-refractivity contribution < 1.29 is 9.59 Å². The monoisotopic (exact) mass is 288 g/mol. The molecule has 112 valence electrons. The van der Waals surface area contributed by atoms with Gasteiger partial charge in [0, 0.05) is 25.3 Å². The Morgan fingerprint density at radius 2 is 2.14 bits per heavy atom. The summed E-state index contributed by atoms with van der Waals surface area (Å²) in [4.78, 5) is 22.2. The highest BCUT2D eigenvalue weighted by Crippen LogP contribution is 2.19. The smallest absolute Gasteiger partial charge is 0.203 e. The first-order valence-corrected chi connectivity index (χ1v) is 6.86. The predicted molar refractivity (Wildman–Crippen MR) is 81.2 cm³/mol. The van der Waals surface area contributed by atoms with Crippen LogP contribution < -0.4 is 21.9 Å². The van der Waals surface area contributed by atoms with Gasteiger partial charge in [0.2, 0.25) is 5.78 Å². The molecular formula is C15H20N4O2. The number of carbonyl (C=O) groups excluding carboxylic acids is 2. The van der Waals surface area contributed by atoms with Gasteiger partial charge in [-0.15, -0.1) is 0 Å². The van der Waals surface area contributed by atoms with Crippen LogP contribution in [0.4, 0.5) is 5.69 Å². The lowest BCUT2D eigenvalue weighted by Gasteiger charge is -2.15. The van der Waals surface area contributed by atoms with E-state index in [0.717, 1.165) is 22.5 Å². The molecule has 2 rings (SSSR count). The van der Waals surface area contributed by atoms with Gasteiger partial charge < -0.3 is 21.9 Å². The van der Waals surface area contributed by atoms with Crippen molar-refractivity contribution in [2.24, 2.45) is 11.7 Å². The van der Waals surface area contributed by atoms with Gasteiger partial charge in [0.25, 0.3) is 0 Å². The molecule has 6 heteroatoms. The quantitative estimate of drug-likeness (QED) is 0.342. The maximum Gasteiger partial charge on any atom is 0.203 e. The summed E-state index contributed by atoms with van der Waals surface area (Å²) in [5.41, 5.74) is 15.4. The zero-order valence-electron chi connectivity index (χ0n) is 12.0. The molecular weight excluding hydrogens is 268 g/mol. The lowest BCUT2D eigenvalue weighted by molar-refractivity contribution is -0.131. The molecule has 1 heterocycles. The normalized spacial score (nSPS) is 20.0. The maximum atomic E-state index is 11.6. The highest BCUT2D eigenvalue weighted by Gasteiger charge is 2.28. The van der Waals surface area contributed by atoms with Gasteiger partial charge in [-0.1, -0.05) is 12.1 Å². The number of anilines is 1. The third kappa shape index (κ3) is 3.68. The van der Waals surface area contributed by atoms with Crippen LogP contribution in [0.3, 0.4) is 0 Å². The summed E-state index contributed by atoms with van der Waals surface area (Å²) in [6, 6.07) is 7.74. The first-order chi connectivity index (χ1) is 10.2. The number of rotatable bonds is 6. The Morgan fingerprint density at radius 1 is 1.43 bits per heavy atom. The largest absolute Gasteiger partial charge is 0.326 e. The standard InChI is InChI=1S/C15H20N4O2/c1-10(13-7-17-8-14(13)15(21)9-20)18-19-12-4-2-11(6-16)3-5-12/h2-5,9,14,17-19H,6-8,16H2,1H3. The number of hydrazine groups is 1. The van der Waals surface area contributed by atoms with Gasteiger partial charge in [-0.2, -0.15) is 0 Å². The van der Waals surface area contributed by atoms with E-state index >= 15 is 0 Å². The van der Waals surface area contributed by atoms with Crippen LogP contribution in [0.15, 0.2) is 35.5 Å². The van der Waals surface area contributed by atoms with E-state index in [4.69, 9.17) is 5.73 Å². The fourth-order valence-corrected chi connectivity index (χ4v) is 2.32. The molecule has 6 nitrogen and oxygen atoms in total. The van der Waals surface area contributed by atoms with Gasteiger partial charge in [0.15, 0.2) is 6.29 Å². The minimum atomic E-state index is -0.386. The van der Waals surface area contributed by atoms with Crippen molar-refractivity contribution in [2.45, 2.75) is 13.5 Å². The van der Waals surface area contributed by atoms with E-state index in [-0.39, 0.29) is 11.7 Å². The van der Waals surface area contributed by atoms with Crippen molar-refractivity contribution >= 4 is 17.8 Å². The van der Waals surface area contributed by atoms with E-state index in [0.29, 0.717) is 25.9 Å². The number of hydrogen-bond acceptors (Lipinski definition) is 6. The Kier molecular flexibility index (Phi) is 5.08. The van der Waals surface area contributed by atoms with Crippen molar-refractivity contribution in [1.82, 2.24) is 10.7 Å². The molecule has 0 amide bonds. The topological polar surface area (TPSA) is 96.2 Å². The summed E-state index contributed by atoms with van der Waals surface area (Å²) in [5.74, 6) is -0.750. The van der Waals surface area contributed by atoms with Crippen molar-refractivity contribution in [1.29, 1.82) is 0 Å². The third-order valence-corrected chi connectivity index (χ3v) is 3.61. The highest BCUT2D eigenvalue weighted by molar-refractivity contribution is 6.27. The molecule has 0 aliphatic carbocycles. The molecule has 0 saturated carbocycles. The molecule has 21 heavy (non-hydrogen) atoms. The van der Waals surface area contributed by atoms with Crippen LogP contribution in [0.2, 0.25) is 0 Å². The molecule has 1 unspecified atom stereocenters. The average Bonchev–Trinajstić information content (AvgIpc) is 3.02. The number of nitrogens with one attached hydrogen (secondary N) is 3. The summed E-state index contributed by atoms with van der Waals surface area (Å²) in [6.45, 7) is 3.51. The number of allylic oxidation sites excluding steroid dienone is 1. The summed E-state index contributed by atoms with van der Waals surface area (Å²) < 4.78 is 0. The van der Waals surface area contributed by atoms with Gasteiger partial charge in [-0.3, -0.25) is 9.59 Å². The number of aldehydes is 1. The molecule has 0 radical (unpaired) electrons. The zero-order chi connectivity index (χ0) is 15.2. The summed E-state index contributed by atoms with van der Waals surface area (Å²) in [6.07, 6.45) is 0.393. The molecule has 5 N–H and O–H groups in total. The second-order valence-corrected chi connectivity index (χ2v) is 5.00. The van der Waals surface area contributed by atoms with Gasteiger partial charge in [0.05, 0.1) is 11.6 Å². The number of ketones is 1. The molecule has 1 aromatic carbocycles. The lowest BCUT2D eigenvalue weighted by Crippen LogP contribution is -2.25. The highest BCUT2D eigenvalue weighted by atomic mass is 16.2. The SMILES string of the molecule is CC(NNc1ccc(CN)cc1)=C1CNCC1C(=O)C=O. The molecule has 0 aromatic heterocycles. The van der Waals surface area contributed by atoms with Crippen molar-refractivity contribution in [3.05, 3.63) is 41.1 Å². The Labute approximate surface area is 123 Å². The predicted octanol–water partition coefficient (Wildman–Crippen LogP) is 0.323. The number of carbonyl (C=O) groups is 2. The fourth-order valence-electron chi connectivity index (χ4n) is 2.32. The molecule has 1 atom stereocenters. The fraction of sp³-hybridized carbons (Fsp3) is 0.333. The zero-order valence-corrected chi connectivity index (χ0v) is 12.0. The second-order valence-electron chi connectivity index (χ2n) is 5.00. The summed E-state index contributed by atoms with van der Waals surface area (Å²) >= 11 is 0. The first kappa shape index (κ1) is 15.2. The number of hydrogen-bond donors (Lipinski definition) is 4. The van der Waals surface area contributed by atoms with Crippen LogP contribution in [-0.4, -0.2) is 25.2 Å². The molecule has 1 saturated heterocycles. The van der Waals surface area contributed by atoms with Crippen molar-refractivity contribution in [3.63, 3.8) is 0 Å². The lowest BCUT2D eigenvalue weighted by atomic mass is 9.97. The maximum absolute atomic E-state index is 11.6. The van der Waals surface area contributed by atoms with Crippen LogP contribution in [-0.2, 0) is 16.1 Å². The Balaban J connectivity index is 2.02. The molecule has 1 aliphatic heterocycles. The van der Waals surface area contributed by atoms with Crippen LogP contribution in [0.25, 0.3) is 0 Å². The molecule has 1 aromatic rings. The van der Waals surface area contributed by atoms with E-state index < -0.39 is 0 Å². The van der Waals surface area contributed by atoms with Crippen molar-refractivity contribution in [3.8, 4) is 0 Å². The van der Waals surface area contributed by atoms with Gasteiger partial charge >= 0.3 is 0 Å². The minimum Gasteiger partial charge on any atom is -0.326 e.